The van der Waals surface area contributed by atoms with Crippen molar-refractivity contribution in [3.05, 3.63) is 95.6 Å². The monoisotopic (exact) mass is 402 g/mol. The summed E-state index contributed by atoms with van der Waals surface area (Å²) in [5, 5.41) is 18.2. The molecule has 1 aromatic heterocycles. The average Bonchev–Trinajstić information content (AvgIpc) is 2.77. The van der Waals surface area contributed by atoms with Gasteiger partial charge in [-0.3, -0.25) is 10.9 Å². The van der Waals surface area contributed by atoms with Gasteiger partial charge >= 0.3 is 0 Å². The van der Waals surface area contributed by atoms with E-state index in [1.165, 1.54) is 24.3 Å². The molecule has 0 aliphatic heterocycles. The van der Waals surface area contributed by atoms with Gasteiger partial charge < -0.3 is 0 Å². The maximum atomic E-state index is 13.0. The highest BCUT2D eigenvalue weighted by Gasteiger charge is 2.07. The number of benzene rings is 3. The number of nitrogens with one attached hydrogen (secondary N) is 2. The largest absolute Gasteiger partial charge is 0.259 e. The number of hydrogen-bond donors (Lipinski definition) is 2. The molecule has 4 rings (SSSR count). The Bertz CT molecular complexity index is 1110. The van der Waals surface area contributed by atoms with Crippen molar-refractivity contribution in [2.24, 2.45) is 10.2 Å². The number of nitrogens with zero attached hydrogens (tertiary/aromatic N) is 4. The van der Waals surface area contributed by atoms with E-state index in [9.17, 15) is 8.78 Å². The van der Waals surface area contributed by atoms with Gasteiger partial charge in [-0.2, -0.15) is 10.2 Å². The normalized spacial score (nSPS) is 11.4. The Labute approximate surface area is 171 Å². The second-order valence-electron chi connectivity index (χ2n) is 6.29. The smallest absolute Gasteiger partial charge is 0.176 e. The number of hydrogen-bond acceptors (Lipinski definition) is 6. The van der Waals surface area contributed by atoms with Crippen molar-refractivity contribution in [2.45, 2.75) is 0 Å². The van der Waals surface area contributed by atoms with Crippen LogP contribution in [0.1, 0.15) is 11.1 Å². The average molecular weight is 402 g/mol. The number of hydrazone groups is 2. The van der Waals surface area contributed by atoms with Crippen LogP contribution in [0.3, 0.4) is 0 Å². The van der Waals surface area contributed by atoms with Crippen molar-refractivity contribution >= 4 is 34.8 Å². The van der Waals surface area contributed by atoms with Crippen molar-refractivity contribution in [2.75, 3.05) is 10.9 Å². The van der Waals surface area contributed by atoms with E-state index in [0.717, 1.165) is 21.9 Å². The van der Waals surface area contributed by atoms with E-state index >= 15 is 0 Å². The van der Waals surface area contributed by atoms with Crippen LogP contribution < -0.4 is 10.9 Å². The highest BCUT2D eigenvalue weighted by atomic mass is 19.1. The summed E-state index contributed by atoms with van der Waals surface area (Å²) in [6.07, 6.45) is 3.13. The van der Waals surface area contributed by atoms with E-state index < -0.39 is 0 Å². The lowest BCUT2D eigenvalue weighted by Crippen LogP contribution is -2.01. The number of aromatic nitrogens is 2. The first kappa shape index (κ1) is 19.1. The molecule has 0 atom stereocenters. The lowest BCUT2D eigenvalue weighted by molar-refractivity contribution is 0.627. The summed E-state index contributed by atoms with van der Waals surface area (Å²) in [4.78, 5) is 0. The summed E-state index contributed by atoms with van der Waals surface area (Å²) in [5.41, 5.74) is 7.22. The Morgan fingerprint density at radius 1 is 0.600 bits per heavy atom. The van der Waals surface area contributed by atoms with Crippen LogP contribution in [-0.2, 0) is 0 Å². The quantitative estimate of drug-likeness (QED) is 0.359. The van der Waals surface area contributed by atoms with Gasteiger partial charge in [0.25, 0.3) is 0 Å². The van der Waals surface area contributed by atoms with Gasteiger partial charge in [0, 0.05) is 10.8 Å². The molecule has 1 heterocycles. The third-order valence-electron chi connectivity index (χ3n) is 4.20. The molecule has 0 aliphatic rings. The van der Waals surface area contributed by atoms with Crippen LogP contribution in [-0.4, -0.2) is 22.6 Å². The summed E-state index contributed by atoms with van der Waals surface area (Å²) < 4.78 is 26.0. The Kier molecular flexibility index (Phi) is 5.66. The van der Waals surface area contributed by atoms with Crippen LogP contribution in [0.2, 0.25) is 0 Å². The fraction of sp³-hybridized carbons (Fsp3) is 0. The fourth-order valence-corrected chi connectivity index (χ4v) is 2.70. The summed E-state index contributed by atoms with van der Waals surface area (Å²) in [6, 6.07) is 19.5. The number of halogens is 2. The minimum absolute atomic E-state index is 0.304. The minimum atomic E-state index is -0.304. The van der Waals surface area contributed by atoms with Crippen molar-refractivity contribution in [3.63, 3.8) is 0 Å². The maximum absolute atomic E-state index is 13.0. The van der Waals surface area contributed by atoms with Crippen molar-refractivity contribution in [1.82, 2.24) is 10.2 Å². The predicted molar refractivity (Wildman–Crippen MR) is 115 cm³/mol. The Morgan fingerprint density at radius 3 is 1.40 bits per heavy atom. The number of rotatable bonds is 6. The molecule has 0 unspecified atom stereocenters. The molecule has 3 aromatic carbocycles. The van der Waals surface area contributed by atoms with Crippen LogP contribution in [0.5, 0.6) is 0 Å². The molecular formula is C22H16F2N6. The van der Waals surface area contributed by atoms with Gasteiger partial charge in [0.2, 0.25) is 0 Å². The van der Waals surface area contributed by atoms with Crippen LogP contribution in [0, 0.1) is 11.6 Å². The van der Waals surface area contributed by atoms with Crippen molar-refractivity contribution in [3.8, 4) is 0 Å². The molecule has 148 valence electrons. The predicted octanol–water partition coefficient (Wildman–Crippen LogP) is 4.80. The van der Waals surface area contributed by atoms with Gasteiger partial charge in [-0.1, -0.05) is 48.5 Å². The Hall–Kier alpha value is -4.20. The van der Waals surface area contributed by atoms with E-state index in [-0.39, 0.29) is 11.6 Å². The lowest BCUT2D eigenvalue weighted by atomic mass is 10.2. The van der Waals surface area contributed by atoms with Crippen LogP contribution >= 0.6 is 0 Å². The topological polar surface area (TPSA) is 74.6 Å². The van der Waals surface area contributed by atoms with Gasteiger partial charge in [0.1, 0.15) is 11.6 Å². The van der Waals surface area contributed by atoms with Crippen molar-refractivity contribution < 1.29 is 8.78 Å². The Morgan fingerprint density at radius 2 is 1.00 bits per heavy atom. The standard InChI is InChI=1S/C22H16F2N6/c23-17-9-5-15(6-10-17)13-25-27-21-19-3-1-2-4-20(19)22(30-29-21)28-26-14-16-7-11-18(24)12-8-16/h1-14H,(H,27,29)(H,28,30). The zero-order valence-corrected chi connectivity index (χ0v) is 15.6. The zero-order valence-electron chi connectivity index (χ0n) is 15.6. The first-order chi connectivity index (χ1) is 14.7. The molecule has 0 saturated heterocycles. The molecule has 30 heavy (non-hydrogen) atoms. The van der Waals surface area contributed by atoms with Crippen LogP contribution in [0.15, 0.2) is 83.0 Å². The van der Waals surface area contributed by atoms with Crippen LogP contribution in [0.4, 0.5) is 20.4 Å². The molecule has 0 bridgehead atoms. The van der Waals surface area contributed by atoms with E-state index in [1.807, 2.05) is 24.3 Å². The highest BCUT2D eigenvalue weighted by molar-refractivity contribution is 5.98. The molecule has 4 aromatic rings. The highest BCUT2D eigenvalue weighted by Crippen LogP contribution is 2.25. The van der Waals surface area contributed by atoms with Crippen molar-refractivity contribution in [1.29, 1.82) is 0 Å². The maximum Gasteiger partial charge on any atom is 0.176 e. The van der Waals surface area contributed by atoms with Gasteiger partial charge in [-0.25, -0.2) is 8.78 Å². The second-order valence-corrected chi connectivity index (χ2v) is 6.29. The number of fused-ring (bicyclic) bond motifs is 1. The molecule has 8 heteroatoms. The second kappa shape index (κ2) is 8.87. The van der Waals surface area contributed by atoms with Gasteiger partial charge in [0.05, 0.1) is 12.4 Å². The first-order valence-corrected chi connectivity index (χ1v) is 9.04. The first-order valence-electron chi connectivity index (χ1n) is 9.04. The molecule has 0 saturated carbocycles. The fourth-order valence-electron chi connectivity index (χ4n) is 2.70. The SMILES string of the molecule is Fc1ccc(C=NNc2nnc(NN=Cc3ccc(F)cc3)c3ccccc23)cc1. The molecule has 0 aliphatic carbocycles. The minimum Gasteiger partial charge on any atom is -0.259 e. The lowest BCUT2D eigenvalue weighted by Gasteiger charge is -2.07. The molecule has 0 spiro atoms. The molecular weight excluding hydrogens is 386 g/mol. The Balaban J connectivity index is 1.52. The van der Waals surface area contributed by atoms with Gasteiger partial charge in [-0.05, 0) is 35.4 Å². The molecule has 0 radical (unpaired) electrons. The van der Waals surface area contributed by atoms with E-state index in [1.54, 1.807) is 36.7 Å². The molecule has 6 nitrogen and oxygen atoms in total. The zero-order chi connectivity index (χ0) is 20.8. The third-order valence-corrected chi connectivity index (χ3v) is 4.20. The number of anilines is 2. The van der Waals surface area contributed by atoms with E-state index in [0.29, 0.717) is 11.6 Å². The summed E-state index contributed by atoms with van der Waals surface area (Å²) in [6.45, 7) is 0. The summed E-state index contributed by atoms with van der Waals surface area (Å²) in [7, 11) is 0. The van der Waals surface area contributed by atoms with Gasteiger partial charge in [0.15, 0.2) is 11.6 Å². The van der Waals surface area contributed by atoms with E-state index in [2.05, 4.69) is 31.3 Å². The molecule has 0 amide bonds. The summed E-state index contributed by atoms with van der Waals surface area (Å²) in [5.74, 6) is 0.332. The summed E-state index contributed by atoms with van der Waals surface area (Å²) >= 11 is 0. The van der Waals surface area contributed by atoms with Crippen LogP contribution in [0.25, 0.3) is 10.8 Å². The third kappa shape index (κ3) is 4.61. The molecule has 0 fully saturated rings. The van der Waals surface area contributed by atoms with Gasteiger partial charge in [-0.15, -0.1) is 10.2 Å². The van der Waals surface area contributed by atoms with E-state index in [4.69, 9.17) is 0 Å². The molecule has 2 N–H and O–H groups in total.